The third-order valence-corrected chi connectivity index (χ3v) is 4.51. The highest BCUT2D eigenvalue weighted by atomic mass is 35.5. The van der Waals surface area contributed by atoms with Crippen molar-refractivity contribution in [2.45, 2.75) is 26.2 Å². The lowest BCUT2D eigenvalue weighted by molar-refractivity contribution is 0.0681. The summed E-state index contributed by atoms with van der Waals surface area (Å²) in [5.41, 5.74) is 1.20. The van der Waals surface area contributed by atoms with Gasteiger partial charge in [0.25, 0.3) is 5.91 Å². The van der Waals surface area contributed by atoms with Gasteiger partial charge in [-0.25, -0.2) is 0 Å². The Bertz CT molecular complexity index is 659. The Labute approximate surface area is 148 Å². The van der Waals surface area contributed by atoms with Crippen molar-refractivity contribution in [2.24, 2.45) is 5.92 Å². The Morgan fingerprint density at radius 1 is 1.42 bits per heavy atom. The zero-order valence-electron chi connectivity index (χ0n) is 14.2. The molecule has 7 heteroatoms. The molecule has 6 nitrogen and oxygen atoms in total. The van der Waals surface area contributed by atoms with Crippen LogP contribution < -0.4 is 5.32 Å². The largest absolute Gasteiger partial charge is 0.460 e. The minimum absolute atomic E-state index is 0. The van der Waals surface area contributed by atoms with Crippen LogP contribution in [0.3, 0.4) is 0 Å². The number of H-pyrrole nitrogens is 1. The van der Waals surface area contributed by atoms with E-state index in [-0.39, 0.29) is 18.3 Å². The normalized spacial score (nSPS) is 15.3. The number of aryl methyl sites for hydroxylation is 1. The summed E-state index contributed by atoms with van der Waals surface area (Å²) in [4.78, 5) is 14.5. The van der Waals surface area contributed by atoms with E-state index in [4.69, 9.17) is 4.42 Å². The minimum Gasteiger partial charge on any atom is -0.460 e. The van der Waals surface area contributed by atoms with Crippen LogP contribution in [0.1, 0.15) is 35.5 Å². The maximum absolute atomic E-state index is 12.6. The maximum Gasteiger partial charge on any atom is 0.274 e. The van der Waals surface area contributed by atoms with Crippen LogP contribution in [0.4, 0.5) is 0 Å². The molecular weight excluding hydrogens is 328 g/mol. The second kappa shape index (κ2) is 8.35. The van der Waals surface area contributed by atoms with Crippen molar-refractivity contribution in [2.75, 3.05) is 26.7 Å². The van der Waals surface area contributed by atoms with Gasteiger partial charge in [0.15, 0.2) is 11.5 Å². The van der Waals surface area contributed by atoms with Crippen molar-refractivity contribution >= 4 is 18.3 Å². The van der Waals surface area contributed by atoms with Gasteiger partial charge in [-0.1, -0.05) is 0 Å². The van der Waals surface area contributed by atoms with Crippen LogP contribution in [0.5, 0.6) is 0 Å². The van der Waals surface area contributed by atoms with Crippen LogP contribution in [-0.2, 0) is 0 Å². The van der Waals surface area contributed by atoms with Crippen LogP contribution in [0.25, 0.3) is 11.5 Å². The molecule has 1 saturated heterocycles. The van der Waals surface area contributed by atoms with Gasteiger partial charge in [0.1, 0.15) is 11.5 Å². The van der Waals surface area contributed by atoms with Gasteiger partial charge >= 0.3 is 0 Å². The number of carbonyl (C=O) groups excluding carboxylic acids is 1. The zero-order valence-corrected chi connectivity index (χ0v) is 15.0. The first-order chi connectivity index (χ1) is 11.2. The van der Waals surface area contributed by atoms with Crippen molar-refractivity contribution in [3.05, 3.63) is 29.7 Å². The number of rotatable bonds is 5. The highest BCUT2D eigenvalue weighted by Crippen LogP contribution is 2.23. The van der Waals surface area contributed by atoms with Gasteiger partial charge in [0, 0.05) is 19.2 Å². The summed E-state index contributed by atoms with van der Waals surface area (Å²) in [7, 11) is 1.98. The fraction of sp³-hybridized carbons (Fsp3) is 0.529. The van der Waals surface area contributed by atoms with Gasteiger partial charge in [0.2, 0.25) is 0 Å². The van der Waals surface area contributed by atoms with Crippen LogP contribution in [0.15, 0.2) is 22.6 Å². The average molecular weight is 353 g/mol. The van der Waals surface area contributed by atoms with Gasteiger partial charge < -0.3 is 14.6 Å². The molecule has 0 unspecified atom stereocenters. The number of nitrogens with one attached hydrogen (secondary N) is 2. The van der Waals surface area contributed by atoms with E-state index < -0.39 is 0 Å². The van der Waals surface area contributed by atoms with Crippen LogP contribution in [-0.4, -0.2) is 47.7 Å². The molecule has 1 amide bonds. The topological polar surface area (TPSA) is 74.2 Å². The number of hydrogen-bond donors (Lipinski definition) is 2. The molecule has 3 heterocycles. The fourth-order valence-electron chi connectivity index (χ4n) is 3.07. The van der Waals surface area contributed by atoms with Crippen molar-refractivity contribution < 1.29 is 9.21 Å². The van der Waals surface area contributed by atoms with Crippen LogP contribution in [0.2, 0.25) is 0 Å². The molecule has 0 aromatic carbocycles. The maximum atomic E-state index is 12.6. The first-order valence-electron chi connectivity index (χ1n) is 8.23. The number of furan rings is 1. The lowest BCUT2D eigenvalue weighted by Crippen LogP contribution is -2.39. The molecule has 0 atom stereocenters. The highest BCUT2D eigenvalue weighted by molar-refractivity contribution is 5.93. The number of amides is 1. The molecule has 2 N–H and O–H groups in total. The first kappa shape index (κ1) is 18.5. The summed E-state index contributed by atoms with van der Waals surface area (Å²) < 4.78 is 5.56. The molecule has 0 spiro atoms. The molecule has 2 aromatic rings. The van der Waals surface area contributed by atoms with Gasteiger partial charge in [-0.2, -0.15) is 5.10 Å². The molecule has 0 aliphatic carbocycles. The van der Waals surface area contributed by atoms with Crippen molar-refractivity contribution in [3.63, 3.8) is 0 Å². The summed E-state index contributed by atoms with van der Waals surface area (Å²) >= 11 is 0. The Hall–Kier alpha value is -1.79. The zero-order chi connectivity index (χ0) is 16.2. The molecular formula is C17H25ClN4O2. The number of hydrogen-bond acceptors (Lipinski definition) is 4. The number of aromatic nitrogens is 2. The Morgan fingerprint density at radius 3 is 2.79 bits per heavy atom. The van der Waals surface area contributed by atoms with Gasteiger partial charge in [-0.05, 0) is 57.8 Å². The van der Waals surface area contributed by atoms with E-state index in [9.17, 15) is 4.79 Å². The third kappa shape index (κ3) is 4.19. The molecule has 1 aliphatic heterocycles. The number of likely N-dealkylation sites (tertiary alicyclic amines) is 1. The van der Waals surface area contributed by atoms with Crippen molar-refractivity contribution in [1.29, 1.82) is 0 Å². The third-order valence-electron chi connectivity index (χ3n) is 4.51. The molecule has 1 fully saturated rings. The monoisotopic (exact) mass is 352 g/mol. The van der Waals surface area contributed by atoms with Crippen molar-refractivity contribution in [1.82, 2.24) is 20.4 Å². The molecule has 1 aliphatic rings. The predicted molar refractivity (Wildman–Crippen MR) is 95.4 cm³/mol. The summed E-state index contributed by atoms with van der Waals surface area (Å²) in [5, 5.41) is 10.2. The van der Waals surface area contributed by atoms with E-state index in [1.807, 2.05) is 31.0 Å². The van der Waals surface area contributed by atoms with E-state index >= 15 is 0 Å². The second-order valence-corrected chi connectivity index (χ2v) is 6.20. The number of nitrogens with zero attached hydrogens (tertiary/aromatic N) is 2. The summed E-state index contributed by atoms with van der Waals surface area (Å²) in [6.07, 6.45) is 3.33. The Morgan fingerprint density at radius 2 is 2.17 bits per heavy atom. The molecule has 0 saturated carbocycles. The second-order valence-electron chi connectivity index (χ2n) is 6.20. The predicted octanol–water partition coefficient (Wildman–Crippen LogP) is 2.86. The molecule has 132 valence electrons. The standard InChI is InChI=1S/C17H24N4O2.ClH/c1-12-3-4-16(23-12)14-11-15(20-19-14)17(22)21-9-6-13(7-10-21)5-8-18-2;/h3-4,11,13,18H,5-10H2,1-2H3,(H,19,20);1H. The SMILES string of the molecule is CNCCC1CCN(C(=O)c2cc(-c3ccc(C)o3)[nH]n2)CC1.Cl. The van der Waals surface area contributed by atoms with Crippen LogP contribution >= 0.6 is 12.4 Å². The van der Waals surface area contributed by atoms with Crippen molar-refractivity contribution in [3.8, 4) is 11.5 Å². The van der Waals surface area contributed by atoms with Crippen LogP contribution in [0, 0.1) is 12.8 Å². The molecule has 0 radical (unpaired) electrons. The number of aromatic amines is 1. The number of piperidine rings is 1. The average Bonchev–Trinajstić information content (AvgIpc) is 3.21. The van der Waals surface area contributed by atoms with E-state index in [2.05, 4.69) is 15.5 Å². The summed E-state index contributed by atoms with van der Waals surface area (Å²) in [5.74, 6) is 2.26. The Kier molecular flexibility index (Phi) is 6.45. The van der Waals surface area contributed by atoms with E-state index in [1.54, 1.807) is 6.07 Å². The lowest BCUT2D eigenvalue weighted by atomic mass is 9.93. The van der Waals surface area contributed by atoms with Gasteiger partial charge in [-0.15, -0.1) is 12.4 Å². The van der Waals surface area contributed by atoms with E-state index in [0.29, 0.717) is 17.4 Å². The fourth-order valence-corrected chi connectivity index (χ4v) is 3.07. The molecule has 3 rings (SSSR count). The van der Waals surface area contributed by atoms with Gasteiger partial charge in [-0.3, -0.25) is 9.89 Å². The highest BCUT2D eigenvalue weighted by Gasteiger charge is 2.25. The molecule has 0 bridgehead atoms. The number of carbonyl (C=O) groups is 1. The molecule has 24 heavy (non-hydrogen) atoms. The first-order valence-corrected chi connectivity index (χ1v) is 8.23. The quantitative estimate of drug-likeness (QED) is 0.867. The molecule has 2 aromatic heterocycles. The van der Waals surface area contributed by atoms with Gasteiger partial charge in [0.05, 0.1) is 0 Å². The lowest BCUT2D eigenvalue weighted by Gasteiger charge is -2.31. The smallest absolute Gasteiger partial charge is 0.274 e. The Balaban J connectivity index is 0.00000208. The minimum atomic E-state index is 0. The number of halogens is 1. The summed E-state index contributed by atoms with van der Waals surface area (Å²) in [6, 6.07) is 5.55. The van der Waals surface area contributed by atoms with E-state index in [0.717, 1.165) is 43.9 Å². The van der Waals surface area contributed by atoms with E-state index in [1.165, 1.54) is 6.42 Å². The summed E-state index contributed by atoms with van der Waals surface area (Å²) in [6.45, 7) is 4.57.